The van der Waals surface area contributed by atoms with Crippen LogP contribution >= 0.6 is 0 Å². The van der Waals surface area contributed by atoms with Crippen LogP contribution in [0, 0.1) is 0 Å². The van der Waals surface area contributed by atoms with Crippen LogP contribution in [0.15, 0.2) is 237 Å². The highest BCUT2D eigenvalue weighted by Crippen LogP contribution is 2.46. The van der Waals surface area contributed by atoms with Crippen molar-refractivity contribution in [2.24, 2.45) is 0 Å². The molecule has 0 aliphatic carbocycles. The minimum absolute atomic E-state index is 1.08. The standard InChI is InChI=1S/C54H39N/c1-6-18-40(19-7-1)42-30-33-47(34-31-42)55(48-35-37-49(43-22-10-3-11-23-43)52(39-48)45-26-14-5-15-27-45)54-29-17-16-28-51(54)53-38-46(41-20-8-2-9-21-41)32-36-50(53)44-24-12-4-13-25-44/h1-39H. The third kappa shape index (κ3) is 7.00. The van der Waals surface area contributed by atoms with Crippen LogP contribution in [0.3, 0.4) is 0 Å². The molecule has 0 aliphatic rings. The van der Waals surface area contributed by atoms with Crippen molar-refractivity contribution in [1.29, 1.82) is 0 Å². The molecule has 0 saturated heterocycles. The highest BCUT2D eigenvalue weighted by atomic mass is 15.1. The highest BCUT2D eigenvalue weighted by molar-refractivity contribution is 5.97. The SMILES string of the molecule is c1ccc(-c2ccc(N(c3ccc(-c4ccccc4)c(-c4ccccc4)c3)c3ccccc3-c3cc(-c4ccccc4)ccc3-c3ccccc3)cc2)cc1. The molecule has 0 aromatic heterocycles. The van der Waals surface area contributed by atoms with E-state index < -0.39 is 0 Å². The Morgan fingerprint density at radius 3 is 1.15 bits per heavy atom. The van der Waals surface area contributed by atoms with E-state index in [4.69, 9.17) is 0 Å². The second-order valence-corrected chi connectivity index (χ2v) is 13.7. The minimum Gasteiger partial charge on any atom is -0.310 e. The second kappa shape index (κ2) is 15.4. The molecule has 0 radical (unpaired) electrons. The Kier molecular flexibility index (Phi) is 9.41. The maximum Gasteiger partial charge on any atom is 0.0540 e. The lowest BCUT2D eigenvalue weighted by atomic mass is 9.89. The van der Waals surface area contributed by atoms with Crippen LogP contribution in [0.1, 0.15) is 0 Å². The van der Waals surface area contributed by atoms with E-state index >= 15 is 0 Å². The minimum atomic E-state index is 1.08. The van der Waals surface area contributed by atoms with Crippen molar-refractivity contribution < 1.29 is 0 Å². The third-order valence-electron chi connectivity index (χ3n) is 10.3. The van der Waals surface area contributed by atoms with Gasteiger partial charge in [0.1, 0.15) is 0 Å². The van der Waals surface area contributed by atoms with E-state index in [1.54, 1.807) is 0 Å². The number of benzene rings is 9. The quantitative estimate of drug-likeness (QED) is 0.145. The summed E-state index contributed by atoms with van der Waals surface area (Å²) >= 11 is 0. The summed E-state index contributed by atoms with van der Waals surface area (Å²) in [5, 5.41) is 0. The average molecular weight is 702 g/mol. The first-order valence-corrected chi connectivity index (χ1v) is 18.8. The summed E-state index contributed by atoms with van der Waals surface area (Å²) in [6.45, 7) is 0. The van der Waals surface area contributed by atoms with Crippen LogP contribution in [-0.2, 0) is 0 Å². The van der Waals surface area contributed by atoms with Crippen LogP contribution in [0.25, 0.3) is 66.8 Å². The topological polar surface area (TPSA) is 3.24 Å². The lowest BCUT2D eigenvalue weighted by Gasteiger charge is -2.29. The second-order valence-electron chi connectivity index (χ2n) is 13.7. The number of para-hydroxylation sites is 1. The molecule has 55 heavy (non-hydrogen) atoms. The molecule has 0 N–H and O–H groups in total. The van der Waals surface area contributed by atoms with E-state index in [1.807, 2.05) is 0 Å². The summed E-state index contributed by atoms with van der Waals surface area (Å²) in [5.74, 6) is 0. The van der Waals surface area contributed by atoms with Crippen molar-refractivity contribution >= 4 is 17.1 Å². The van der Waals surface area contributed by atoms with Gasteiger partial charge in [-0.25, -0.2) is 0 Å². The van der Waals surface area contributed by atoms with Crippen molar-refractivity contribution in [2.75, 3.05) is 4.90 Å². The summed E-state index contributed by atoms with van der Waals surface area (Å²) in [6, 6.07) is 85.1. The Balaban J connectivity index is 1.28. The molecular formula is C54H39N. The van der Waals surface area contributed by atoms with Gasteiger partial charge >= 0.3 is 0 Å². The third-order valence-corrected chi connectivity index (χ3v) is 10.3. The fraction of sp³-hybridized carbons (Fsp3) is 0. The Hall–Kier alpha value is -7.22. The fourth-order valence-electron chi connectivity index (χ4n) is 7.60. The Morgan fingerprint density at radius 1 is 0.200 bits per heavy atom. The summed E-state index contributed by atoms with van der Waals surface area (Å²) < 4.78 is 0. The molecule has 0 fully saturated rings. The molecule has 9 aromatic carbocycles. The van der Waals surface area contributed by atoms with Gasteiger partial charge < -0.3 is 4.90 Å². The molecule has 0 aliphatic heterocycles. The lowest BCUT2D eigenvalue weighted by Crippen LogP contribution is -2.11. The van der Waals surface area contributed by atoms with E-state index in [0.717, 1.165) is 22.6 Å². The summed E-state index contributed by atoms with van der Waals surface area (Å²) in [7, 11) is 0. The number of nitrogens with zero attached hydrogens (tertiary/aromatic N) is 1. The van der Waals surface area contributed by atoms with E-state index in [2.05, 4.69) is 241 Å². The first-order valence-electron chi connectivity index (χ1n) is 18.8. The van der Waals surface area contributed by atoms with Crippen molar-refractivity contribution in [3.8, 4) is 66.8 Å². The zero-order valence-corrected chi connectivity index (χ0v) is 30.5. The molecule has 0 spiro atoms. The van der Waals surface area contributed by atoms with Crippen molar-refractivity contribution in [2.45, 2.75) is 0 Å². The van der Waals surface area contributed by atoms with Crippen LogP contribution < -0.4 is 4.90 Å². The van der Waals surface area contributed by atoms with Crippen LogP contribution in [0.4, 0.5) is 17.1 Å². The highest BCUT2D eigenvalue weighted by Gasteiger charge is 2.21. The first-order chi connectivity index (χ1) is 27.3. The number of hydrogen-bond donors (Lipinski definition) is 0. The van der Waals surface area contributed by atoms with Crippen LogP contribution in [0.5, 0.6) is 0 Å². The van der Waals surface area contributed by atoms with Gasteiger partial charge in [0, 0.05) is 16.9 Å². The summed E-state index contributed by atoms with van der Waals surface area (Å²) in [5.41, 5.74) is 17.5. The zero-order valence-electron chi connectivity index (χ0n) is 30.5. The molecule has 0 unspecified atom stereocenters. The Labute approximate surface area is 324 Å². The molecule has 1 heteroatoms. The number of rotatable bonds is 9. The molecule has 9 aromatic rings. The molecule has 0 amide bonds. The average Bonchev–Trinajstić information content (AvgIpc) is 3.28. The predicted octanol–water partition coefficient (Wildman–Crippen LogP) is 15.2. The Bertz CT molecular complexity index is 2650. The maximum absolute atomic E-state index is 2.43. The molecule has 1 nitrogen and oxygen atoms in total. The van der Waals surface area contributed by atoms with E-state index in [1.165, 1.54) is 61.2 Å². The fourth-order valence-corrected chi connectivity index (χ4v) is 7.60. The van der Waals surface area contributed by atoms with E-state index in [0.29, 0.717) is 0 Å². The van der Waals surface area contributed by atoms with Gasteiger partial charge in [-0.15, -0.1) is 0 Å². The van der Waals surface area contributed by atoms with Gasteiger partial charge in [0.15, 0.2) is 0 Å². The molecule has 0 saturated carbocycles. The maximum atomic E-state index is 2.43. The summed E-state index contributed by atoms with van der Waals surface area (Å²) in [4.78, 5) is 2.43. The normalized spacial score (nSPS) is 10.9. The van der Waals surface area contributed by atoms with Crippen molar-refractivity contribution in [1.82, 2.24) is 0 Å². The molecule has 9 rings (SSSR count). The molecule has 0 heterocycles. The molecule has 0 bridgehead atoms. The zero-order chi connectivity index (χ0) is 36.8. The van der Waals surface area contributed by atoms with Crippen molar-refractivity contribution in [3.63, 3.8) is 0 Å². The van der Waals surface area contributed by atoms with Gasteiger partial charge in [-0.3, -0.25) is 0 Å². The monoisotopic (exact) mass is 701 g/mol. The van der Waals surface area contributed by atoms with Gasteiger partial charge in [-0.2, -0.15) is 0 Å². The smallest absolute Gasteiger partial charge is 0.0540 e. The first kappa shape index (κ1) is 33.6. The summed E-state index contributed by atoms with van der Waals surface area (Å²) in [6.07, 6.45) is 0. The molecule has 260 valence electrons. The molecular weight excluding hydrogens is 663 g/mol. The number of anilines is 3. The lowest BCUT2D eigenvalue weighted by molar-refractivity contribution is 1.28. The largest absolute Gasteiger partial charge is 0.310 e. The molecule has 0 atom stereocenters. The van der Waals surface area contributed by atoms with Crippen molar-refractivity contribution in [3.05, 3.63) is 237 Å². The van der Waals surface area contributed by atoms with E-state index in [9.17, 15) is 0 Å². The van der Waals surface area contributed by atoms with Crippen LogP contribution in [0.2, 0.25) is 0 Å². The number of hydrogen-bond acceptors (Lipinski definition) is 1. The Morgan fingerprint density at radius 2 is 0.582 bits per heavy atom. The van der Waals surface area contributed by atoms with Crippen LogP contribution in [-0.4, -0.2) is 0 Å². The van der Waals surface area contributed by atoms with Gasteiger partial charge in [-0.1, -0.05) is 200 Å². The predicted molar refractivity (Wildman–Crippen MR) is 234 cm³/mol. The van der Waals surface area contributed by atoms with Gasteiger partial charge in [-0.05, 0) is 97.6 Å². The van der Waals surface area contributed by atoms with E-state index in [-0.39, 0.29) is 0 Å². The van der Waals surface area contributed by atoms with Gasteiger partial charge in [0.25, 0.3) is 0 Å². The van der Waals surface area contributed by atoms with Gasteiger partial charge in [0.2, 0.25) is 0 Å². The van der Waals surface area contributed by atoms with Gasteiger partial charge in [0.05, 0.1) is 5.69 Å².